The second kappa shape index (κ2) is 5.04. The lowest BCUT2D eigenvalue weighted by atomic mass is 10.1. The molecule has 4 heteroatoms. The predicted octanol–water partition coefficient (Wildman–Crippen LogP) is 2.36. The summed E-state index contributed by atoms with van der Waals surface area (Å²) in [6, 6.07) is 3.74. The van der Waals surface area contributed by atoms with Gasteiger partial charge in [-0.1, -0.05) is 13.0 Å². The molecule has 1 rings (SSSR count). The summed E-state index contributed by atoms with van der Waals surface area (Å²) in [5.74, 6) is -0.510. The number of halogens is 2. The van der Waals surface area contributed by atoms with Gasteiger partial charge in [-0.3, -0.25) is 0 Å². The summed E-state index contributed by atoms with van der Waals surface area (Å²) in [4.78, 5) is 0. The predicted molar refractivity (Wildman–Crippen MR) is 52.5 cm³/mol. The van der Waals surface area contributed by atoms with E-state index in [0.29, 0.717) is 12.0 Å². The first-order valence-electron chi connectivity index (χ1n) is 3.89. The van der Waals surface area contributed by atoms with Crippen molar-refractivity contribution < 1.29 is 9.50 Å². The molecule has 2 nitrogen and oxygen atoms in total. The average Bonchev–Trinajstić information content (AvgIpc) is 2.03. The van der Waals surface area contributed by atoms with Crippen molar-refractivity contribution in [3.63, 3.8) is 0 Å². The Morgan fingerprint density at radius 3 is 2.62 bits per heavy atom. The van der Waals surface area contributed by atoms with Crippen molar-refractivity contribution in [3.05, 3.63) is 29.6 Å². The Morgan fingerprint density at radius 1 is 1.54 bits per heavy atom. The van der Waals surface area contributed by atoms with E-state index in [1.807, 2.05) is 6.92 Å². The van der Waals surface area contributed by atoms with E-state index in [9.17, 15) is 4.39 Å². The van der Waals surface area contributed by atoms with E-state index >= 15 is 0 Å². The van der Waals surface area contributed by atoms with Crippen LogP contribution in [0.1, 0.15) is 24.9 Å². The number of hydrogen-bond donors (Lipinski definition) is 2. The molecule has 0 aromatic heterocycles. The van der Waals surface area contributed by atoms with Crippen LogP contribution in [0.4, 0.5) is 4.39 Å². The molecule has 0 aliphatic carbocycles. The van der Waals surface area contributed by atoms with Crippen LogP contribution in [0, 0.1) is 5.82 Å². The van der Waals surface area contributed by atoms with Crippen LogP contribution in [-0.2, 0) is 0 Å². The van der Waals surface area contributed by atoms with Gasteiger partial charge in [0.1, 0.15) is 11.6 Å². The van der Waals surface area contributed by atoms with Crippen molar-refractivity contribution in [1.29, 1.82) is 0 Å². The summed E-state index contributed by atoms with van der Waals surface area (Å²) < 4.78 is 13.0. The molecule has 74 valence electrons. The van der Waals surface area contributed by atoms with Crippen LogP contribution < -0.4 is 5.73 Å². The van der Waals surface area contributed by atoms with Gasteiger partial charge in [0.2, 0.25) is 0 Å². The molecular weight excluding hydrogens is 193 g/mol. The number of rotatable bonds is 2. The van der Waals surface area contributed by atoms with E-state index in [4.69, 9.17) is 10.8 Å². The maximum Gasteiger partial charge on any atom is 0.131 e. The van der Waals surface area contributed by atoms with Crippen molar-refractivity contribution in [2.45, 2.75) is 19.4 Å². The first kappa shape index (κ1) is 12.2. The molecule has 1 aromatic carbocycles. The highest BCUT2D eigenvalue weighted by atomic mass is 35.5. The quantitative estimate of drug-likeness (QED) is 0.779. The van der Waals surface area contributed by atoms with Crippen LogP contribution in [0.15, 0.2) is 18.2 Å². The fourth-order valence-corrected chi connectivity index (χ4v) is 1.04. The highest BCUT2D eigenvalue weighted by Gasteiger charge is 2.09. The number of benzene rings is 1. The standard InChI is InChI=1S/C9H12FNO.ClH/c1-2-9(11)7-4-3-6(12)5-8(7)10;/h3-5,9,12H,2,11H2,1H3;1H/t9-;/m1./s1. The molecule has 0 aliphatic rings. The third kappa shape index (κ3) is 2.86. The van der Waals surface area contributed by atoms with Crippen molar-refractivity contribution in [1.82, 2.24) is 0 Å². The van der Waals surface area contributed by atoms with Gasteiger partial charge in [-0.25, -0.2) is 4.39 Å². The first-order valence-corrected chi connectivity index (χ1v) is 3.89. The Morgan fingerprint density at radius 2 is 2.15 bits per heavy atom. The molecule has 0 heterocycles. The second-order valence-electron chi connectivity index (χ2n) is 2.72. The Labute approximate surface area is 83.0 Å². The number of nitrogens with two attached hydrogens (primary N) is 1. The molecule has 3 N–H and O–H groups in total. The Balaban J connectivity index is 0.00000144. The maximum atomic E-state index is 13.0. The Kier molecular flexibility index (Phi) is 4.73. The van der Waals surface area contributed by atoms with Crippen LogP contribution >= 0.6 is 12.4 Å². The minimum Gasteiger partial charge on any atom is -0.508 e. The molecular formula is C9H13ClFNO. The summed E-state index contributed by atoms with van der Waals surface area (Å²) in [6.07, 6.45) is 0.682. The van der Waals surface area contributed by atoms with Gasteiger partial charge in [0, 0.05) is 17.7 Å². The van der Waals surface area contributed by atoms with E-state index in [2.05, 4.69) is 0 Å². The minimum absolute atomic E-state index is 0. The third-order valence-electron chi connectivity index (χ3n) is 1.82. The zero-order valence-corrected chi connectivity index (χ0v) is 8.14. The van der Waals surface area contributed by atoms with Crippen LogP contribution in [0.2, 0.25) is 0 Å². The van der Waals surface area contributed by atoms with E-state index in [1.54, 1.807) is 0 Å². The van der Waals surface area contributed by atoms with Gasteiger partial charge in [-0.2, -0.15) is 0 Å². The molecule has 13 heavy (non-hydrogen) atoms. The number of phenolic OH excluding ortho intramolecular Hbond substituents is 1. The lowest BCUT2D eigenvalue weighted by molar-refractivity contribution is 0.466. The molecule has 0 saturated heterocycles. The highest BCUT2D eigenvalue weighted by Crippen LogP contribution is 2.21. The van der Waals surface area contributed by atoms with Crippen molar-refractivity contribution in [2.75, 3.05) is 0 Å². The highest BCUT2D eigenvalue weighted by molar-refractivity contribution is 5.85. The zero-order chi connectivity index (χ0) is 9.14. The van der Waals surface area contributed by atoms with Gasteiger partial charge in [-0.15, -0.1) is 12.4 Å². The maximum absolute atomic E-state index is 13.0. The summed E-state index contributed by atoms with van der Waals surface area (Å²) in [5, 5.41) is 8.91. The summed E-state index contributed by atoms with van der Waals surface area (Å²) >= 11 is 0. The monoisotopic (exact) mass is 205 g/mol. The van der Waals surface area contributed by atoms with Gasteiger partial charge in [0.05, 0.1) is 0 Å². The Hall–Kier alpha value is -0.800. The van der Waals surface area contributed by atoms with Gasteiger partial charge >= 0.3 is 0 Å². The largest absolute Gasteiger partial charge is 0.508 e. The second-order valence-corrected chi connectivity index (χ2v) is 2.72. The summed E-state index contributed by atoms with van der Waals surface area (Å²) in [6.45, 7) is 1.89. The van der Waals surface area contributed by atoms with Gasteiger partial charge < -0.3 is 10.8 Å². The van der Waals surface area contributed by atoms with Crippen LogP contribution in [0.3, 0.4) is 0 Å². The van der Waals surface area contributed by atoms with E-state index in [-0.39, 0.29) is 24.2 Å². The molecule has 0 radical (unpaired) electrons. The lowest BCUT2D eigenvalue weighted by Gasteiger charge is -2.09. The fourth-order valence-electron chi connectivity index (χ4n) is 1.04. The van der Waals surface area contributed by atoms with Crippen LogP contribution in [-0.4, -0.2) is 5.11 Å². The normalized spacial score (nSPS) is 11.9. The molecule has 0 amide bonds. The molecule has 1 aromatic rings. The fraction of sp³-hybridized carbons (Fsp3) is 0.333. The molecule has 1 atom stereocenters. The smallest absolute Gasteiger partial charge is 0.131 e. The van der Waals surface area contributed by atoms with E-state index < -0.39 is 5.82 Å². The van der Waals surface area contributed by atoms with Crippen molar-refractivity contribution in [3.8, 4) is 5.75 Å². The number of phenols is 1. The van der Waals surface area contributed by atoms with Gasteiger partial charge in [0.15, 0.2) is 0 Å². The zero-order valence-electron chi connectivity index (χ0n) is 7.33. The Bertz CT molecular complexity index is 280. The van der Waals surface area contributed by atoms with Crippen molar-refractivity contribution >= 4 is 12.4 Å². The van der Waals surface area contributed by atoms with Gasteiger partial charge in [-0.05, 0) is 12.5 Å². The average molecular weight is 206 g/mol. The molecule has 0 bridgehead atoms. The molecule has 0 spiro atoms. The molecule has 0 saturated carbocycles. The van der Waals surface area contributed by atoms with E-state index in [0.717, 1.165) is 6.07 Å². The first-order chi connectivity index (χ1) is 5.65. The molecule has 0 fully saturated rings. The lowest BCUT2D eigenvalue weighted by Crippen LogP contribution is -2.10. The molecule has 0 aliphatic heterocycles. The SMILES string of the molecule is CC[C@@H](N)c1ccc(O)cc1F.Cl. The summed E-state index contributed by atoms with van der Waals surface area (Å²) in [7, 11) is 0. The number of hydrogen-bond acceptors (Lipinski definition) is 2. The summed E-state index contributed by atoms with van der Waals surface area (Å²) in [5.41, 5.74) is 6.08. The number of aromatic hydroxyl groups is 1. The third-order valence-corrected chi connectivity index (χ3v) is 1.82. The van der Waals surface area contributed by atoms with Gasteiger partial charge in [0.25, 0.3) is 0 Å². The minimum atomic E-state index is -0.440. The van der Waals surface area contributed by atoms with E-state index in [1.165, 1.54) is 12.1 Å². The molecule has 0 unspecified atom stereocenters. The van der Waals surface area contributed by atoms with Crippen LogP contribution in [0.5, 0.6) is 5.75 Å². The van der Waals surface area contributed by atoms with Crippen LogP contribution in [0.25, 0.3) is 0 Å². The topological polar surface area (TPSA) is 46.2 Å². The van der Waals surface area contributed by atoms with Crippen molar-refractivity contribution in [2.24, 2.45) is 5.73 Å².